The lowest BCUT2D eigenvalue weighted by Gasteiger charge is -2.29. The smallest absolute Gasteiger partial charge is 0.338 e. The zero-order valence-electron chi connectivity index (χ0n) is 18.8. The van der Waals surface area contributed by atoms with Crippen molar-refractivity contribution in [3.8, 4) is 6.07 Å². The van der Waals surface area contributed by atoms with Crippen molar-refractivity contribution in [2.24, 2.45) is 0 Å². The van der Waals surface area contributed by atoms with E-state index in [9.17, 15) is 27.2 Å². The van der Waals surface area contributed by atoms with Gasteiger partial charge in [0.25, 0.3) is 5.91 Å². The number of anilines is 2. The molecule has 0 unspecified atom stereocenters. The predicted octanol–water partition coefficient (Wildman–Crippen LogP) is 4.76. The molecule has 182 valence electrons. The van der Waals surface area contributed by atoms with Crippen LogP contribution >= 0.6 is 12.2 Å². The van der Waals surface area contributed by atoms with Gasteiger partial charge in [-0.05, 0) is 62.8 Å². The van der Waals surface area contributed by atoms with Gasteiger partial charge < -0.3 is 9.80 Å². The van der Waals surface area contributed by atoms with E-state index >= 15 is 0 Å². The number of alkyl halides is 3. The Morgan fingerprint density at radius 3 is 2.37 bits per heavy atom. The van der Waals surface area contributed by atoms with Gasteiger partial charge in [0, 0.05) is 30.8 Å². The Kier molecular flexibility index (Phi) is 6.05. The molecule has 2 heterocycles. The topological polar surface area (TPSA) is 67.7 Å². The summed E-state index contributed by atoms with van der Waals surface area (Å²) >= 11 is 5.47. The molecule has 6 nitrogen and oxygen atoms in total. The third-order valence-corrected chi connectivity index (χ3v) is 6.55. The number of carbonyl (C=O) groups excluding carboxylic acids is 2. The molecule has 2 aromatic carbocycles. The number of halogens is 4. The minimum absolute atomic E-state index is 0.0442. The van der Waals surface area contributed by atoms with Crippen molar-refractivity contribution in [3.05, 3.63) is 58.9 Å². The summed E-state index contributed by atoms with van der Waals surface area (Å²) in [6, 6.07) is 8.67. The minimum atomic E-state index is -4.81. The van der Waals surface area contributed by atoms with Gasteiger partial charge in [-0.15, -0.1) is 0 Å². The van der Waals surface area contributed by atoms with Gasteiger partial charge in [-0.25, -0.2) is 4.39 Å². The van der Waals surface area contributed by atoms with Crippen LogP contribution in [0.2, 0.25) is 0 Å². The van der Waals surface area contributed by atoms with Crippen molar-refractivity contribution < 1.29 is 27.2 Å². The number of rotatable bonds is 4. The number of likely N-dealkylation sites (tertiary alicyclic amines) is 1. The first-order valence-electron chi connectivity index (χ1n) is 10.7. The molecular weight excluding hydrogens is 484 g/mol. The van der Waals surface area contributed by atoms with E-state index < -0.39 is 34.6 Å². The van der Waals surface area contributed by atoms with Crippen LogP contribution in [0.5, 0.6) is 0 Å². The molecule has 2 aliphatic rings. The van der Waals surface area contributed by atoms with Gasteiger partial charge in [0.15, 0.2) is 5.11 Å². The van der Waals surface area contributed by atoms with Crippen molar-refractivity contribution in [2.75, 3.05) is 16.3 Å². The number of nitrogens with zero attached hydrogens (tertiary/aromatic N) is 4. The highest BCUT2D eigenvalue weighted by molar-refractivity contribution is 7.81. The average molecular weight is 505 g/mol. The van der Waals surface area contributed by atoms with E-state index in [4.69, 9.17) is 17.5 Å². The molecule has 2 aliphatic heterocycles. The summed E-state index contributed by atoms with van der Waals surface area (Å²) in [4.78, 5) is 29.0. The summed E-state index contributed by atoms with van der Waals surface area (Å²) in [5.41, 5.74) is -2.69. The standard InChI is InChI=1S/C24H20F4N4O2S/c1-23(2)21(34)31(16-7-5-14(12-29)18(10-16)24(26,27)28)22(35)32(23)17-8-6-15(19(25)11-17)13-30-9-3-4-20(30)33/h5-8,10-11H,3-4,9,13H2,1-2H3. The maximum Gasteiger partial charge on any atom is 0.417 e. The normalized spacial score (nSPS) is 18.0. The Hall–Kier alpha value is -3.52. The molecule has 0 atom stereocenters. The fourth-order valence-corrected chi connectivity index (χ4v) is 4.86. The van der Waals surface area contributed by atoms with E-state index in [2.05, 4.69) is 0 Å². The molecule has 0 aromatic heterocycles. The number of carbonyl (C=O) groups is 2. The molecule has 2 aromatic rings. The van der Waals surface area contributed by atoms with Crippen LogP contribution < -0.4 is 9.80 Å². The molecular formula is C24H20F4N4O2S. The van der Waals surface area contributed by atoms with Crippen LogP contribution in [0.15, 0.2) is 36.4 Å². The summed E-state index contributed by atoms with van der Waals surface area (Å²) in [6.07, 6.45) is -3.66. The molecule has 0 N–H and O–H groups in total. The first-order valence-corrected chi connectivity index (χ1v) is 11.1. The summed E-state index contributed by atoms with van der Waals surface area (Å²) in [5.74, 6) is -1.24. The fraction of sp³-hybridized carbons (Fsp3) is 0.333. The first kappa shape index (κ1) is 24.6. The number of hydrogen-bond acceptors (Lipinski definition) is 4. The Balaban J connectivity index is 1.69. The Morgan fingerprint density at radius 1 is 1.11 bits per heavy atom. The van der Waals surface area contributed by atoms with Gasteiger partial charge >= 0.3 is 6.18 Å². The number of hydrogen-bond donors (Lipinski definition) is 0. The highest BCUT2D eigenvalue weighted by atomic mass is 32.1. The van der Waals surface area contributed by atoms with Crippen molar-refractivity contribution >= 4 is 40.5 Å². The van der Waals surface area contributed by atoms with Crippen molar-refractivity contribution in [1.29, 1.82) is 5.26 Å². The van der Waals surface area contributed by atoms with Crippen molar-refractivity contribution in [1.82, 2.24) is 4.90 Å². The van der Waals surface area contributed by atoms with E-state index in [1.807, 2.05) is 0 Å². The van der Waals surface area contributed by atoms with Crippen LogP contribution in [0.4, 0.5) is 28.9 Å². The van der Waals surface area contributed by atoms with Crippen molar-refractivity contribution in [3.63, 3.8) is 0 Å². The second-order valence-electron chi connectivity index (χ2n) is 8.85. The lowest BCUT2D eigenvalue weighted by Crippen LogP contribution is -2.44. The fourth-order valence-electron chi connectivity index (χ4n) is 4.34. The van der Waals surface area contributed by atoms with Crippen LogP contribution in [-0.4, -0.2) is 33.9 Å². The monoisotopic (exact) mass is 504 g/mol. The number of nitriles is 1. The highest BCUT2D eigenvalue weighted by Crippen LogP contribution is 2.40. The lowest BCUT2D eigenvalue weighted by atomic mass is 10.0. The molecule has 0 saturated carbocycles. The lowest BCUT2D eigenvalue weighted by molar-refractivity contribution is -0.137. The maximum absolute atomic E-state index is 15.0. The highest BCUT2D eigenvalue weighted by Gasteiger charge is 2.50. The maximum atomic E-state index is 15.0. The zero-order valence-corrected chi connectivity index (χ0v) is 19.6. The van der Waals surface area contributed by atoms with E-state index in [0.29, 0.717) is 24.6 Å². The number of benzene rings is 2. The third-order valence-electron chi connectivity index (χ3n) is 6.18. The predicted molar refractivity (Wildman–Crippen MR) is 124 cm³/mol. The van der Waals surface area contributed by atoms with Crippen molar-refractivity contribution in [2.45, 2.75) is 44.9 Å². The Morgan fingerprint density at radius 2 is 1.80 bits per heavy atom. The summed E-state index contributed by atoms with van der Waals surface area (Å²) in [5, 5.41) is 8.92. The molecule has 2 amide bonds. The van der Waals surface area contributed by atoms with E-state index in [0.717, 1.165) is 17.4 Å². The van der Waals surface area contributed by atoms with Gasteiger partial charge in [0.05, 0.1) is 22.9 Å². The molecule has 2 saturated heterocycles. The van der Waals surface area contributed by atoms with Crippen LogP contribution in [0, 0.1) is 17.1 Å². The quantitative estimate of drug-likeness (QED) is 0.444. The van der Waals surface area contributed by atoms with Gasteiger partial charge in [0.2, 0.25) is 5.91 Å². The van der Waals surface area contributed by atoms with Crippen LogP contribution in [0.3, 0.4) is 0 Å². The largest absolute Gasteiger partial charge is 0.417 e. The number of amides is 2. The summed E-state index contributed by atoms with van der Waals surface area (Å²) in [7, 11) is 0. The van der Waals surface area contributed by atoms with E-state index in [1.54, 1.807) is 11.0 Å². The molecule has 35 heavy (non-hydrogen) atoms. The second kappa shape index (κ2) is 8.61. The zero-order chi connectivity index (χ0) is 25.7. The van der Waals surface area contributed by atoms with Crippen LogP contribution in [0.1, 0.15) is 43.4 Å². The minimum Gasteiger partial charge on any atom is -0.338 e. The van der Waals surface area contributed by atoms with E-state index in [1.165, 1.54) is 43.0 Å². The molecule has 11 heteroatoms. The van der Waals surface area contributed by atoms with Gasteiger partial charge in [-0.2, -0.15) is 18.4 Å². The summed E-state index contributed by atoms with van der Waals surface area (Å²) < 4.78 is 55.4. The van der Waals surface area contributed by atoms with Gasteiger partial charge in [-0.3, -0.25) is 14.5 Å². The van der Waals surface area contributed by atoms with Crippen LogP contribution in [-0.2, 0) is 22.3 Å². The molecule has 0 bridgehead atoms. The Labute approximate surface area is 204 Å². The Bertz CT molecular complexity index is 1290. The second-order valence-corrected chi connectivity index (χ2v) is 9.22. The van der Waals surface area contributed by atoms with Crippen LogP contribution in [0.25, 0.3) is 0 Å². The number of thiocarbonyl (C=S) groups is 1. The SMILES string of the molecule is CC1(C)C(=O)N(c2ccc(C#N)c(C(F)(F)F)c2)C(=S)N1c1ccc(CN2CCCC2=O)c(F)c1. The van der Waals surface area contributed by atoms with E-state index in [-0.39, 0.29) is 28.9 Å². The molecule has 0 aliphatic carbocycles. The molecule has 4 rings (SSSR count). The van der Waals surface area contributed by atoms with Gasteiger partial charge in [-0.1, -0.05) is 6.07 Å². The average Bonchev–Trinajstić information content (AvgIpc) is 3.26. The third kappa shape index (κ3) is 4.23. The molecule has 0 spiro atoms. The summed E-state index contributed by atoms with van der Waals surface area (Å²) in [6.45, 7) is 3.74. The first-order chi connectivity index (χ1) is 16.4. The molecule has 2 fully saturated rings. The van der Waals surface area contributed by atoms with Gasteiger partial charge in [0.1, 0.15) is 11.4 Å². The molecule has 0 radical (unpaired) electrons.